The number of benzene rings is 2. The molecule has 2 aromatic carbocycles. The molecule has 9 nitrogen and oxygen atoms in total. The maximum atomic E-state index is 12.6. The van der Waals surface area contributed by atoms with Gasteiger partial charge in [-0.1, -0.05) is 29.3 Å². The van der Waals surface area contributed by atoms with Gasteiger partial charge in [-0.15, -0.1) is 0 Å². The second-order valence-electron chi connectivity index (χ2n) is 5.91. The van der Waals surface area contributed by atoms with Crippen LogP contribution in [0.3, 0.4) is 0 Å². The van der Waals surface area contributed by atoms with Gasteiger partial charge in [0, 0.05) is 27.7 Å². The normalized spacial score (nSPS) is 15.0. The predicted octanol–water partition coefficient (Wildman–Crippen LogP) is 4.28. The van der Waals surface area contributed by atoms with Crippen molar-refractivity contribution in [1.29, 1.82) is 0 Å². The van der Waals surface area contributed by atoms with Crippen molar-refractivity contribution in [1.82, 2.24) is 4.90 Å². The predicted molar refractivity (Wildman–Crippen MR) is 113 cm³/mol. The second kappa shape index (κ2) is 8.74. The van der Waals surface area contributed by atoms with Gasteiger partial charge in [0.1, 0.15) is 12.3 Å². The minimum Gasteiger partial charge on any atom is -0.506 e. The Balaban J connectivity index is 1.76. The van der Waals surface area contributed by atoms with E-state index < -0.39 is 34.3 Å². The first-order valence-electron chi connectivity index (χ1n) is 8.14. The lowest BCUT2D eigenvalue weighted by atomic mass is 10.2. The van der Waals surface area contributed by atoms with Crippen molar-refractivity contribution in [2.45, 2.75) is 0 Å². The smallest absolute Gasteiger partial charge is 0.294 e. The SMILES string of the molecule is O=C(CN1C(=O)S/C(=C\c2c(Cl)cccc2Cl)C1=O)Nc1cc([N+](=O)[O-])ccc1O. The first-order valence-corrected chi connectivity index (χ1v) is 9.71. The van der Waals surface area contributed by atoms with E-state index in [1.807, 2.05) is 0 Å². The molecular weight excluding hydrogens is 457 g/mol. The molecule has 0 atom stereocenters. The Kier molecular flexibility index (Phi) is 6.30. The zero-order valence-electron chi connectivity index (χ0n) is 14.8. The number of nitro groups is 1. The Labute approximate surface area is 183 Å². The van der Waals surface area contributed by atoms with E-state index in [1.54, 1.807) is 18.2 Å². The summed E-state index contributed by atoms with van der Waals surface area (Å²) in [7, 11) is 0. The van der Waals surface area contributed by atoms with Crippen LogP contribution in [0.4, 0.5) is 16.2 Å². The Morgan fingerprint density at radius 1 is 1.23 bits per heavy atom. The molecule has 0 unspecified atom stereocenters. The molecule has 1 heterocycles. The number of nitro benzene ring substituents is 1. The molecule has 12 heteroatoms. The summed E-state index contributed by atoms with van der Waals surface area (Å²) in [5.41, 5.74) is -0.217. The number of phenolic OH excluding ortho intramolecular Hbond substituents is 1. The van der Waals surface area contributed by atoms with Crippen LogP contribution in [0, 0.1) is 10.1 Å². The van der Waals surface area contributed by atoms with Crippen LogP contribution in [-0.2, 0) is 9.59 Å². The third-order valence-electron chi connectivity index (χ3n) is 3.92. The molecule has 154 valence electrons. The zero-order valence-corrected chi connectivity index (χ0v) is 17.1. The van der Waals surface area contributed by atoms with Gasteiger partial charge in [-0.3, -0.25) is 29.4 Å². The number of anilines is 1. The van der Waals surface area contributed by atoms with Gasteiger partial charge in [0.05, 0.1) is 15.5 Å². The van der Waals surface area contributed by atoms with E-state index in [4.69, 9.17) is 23.2 Å². The molecule has 3 rings (SSSR count). The van der Waals surface area contributed by atoms with Crippen molar-refractivity contribution < 1.29 is 24.4 Å². The Morgan fingerprint density at radius 2 is 1.90 bits per heavy atom. The summed E-state index contributed by atoms with van der Waals surface area (Å²) in [6, 6.07) is 7.84. The number of amides is 3. The highest BCUT2D eigenvalue weighted by molar-refractivity contribution is 8.18. The quantitative estimate of drug-likeness (QED) is 0.290. The lowest BCUT2D eigenvalue weighted by molar-refractivity contribution is -0.384. The average molecular weight is 468 g/mol. The van der Waals surface area contributed by atoms with Crippen LogP contribution in [0.15, 0.2) is 41.3 Å². The summed E-state index contributed by atoms with van der Waals surface area (Å²) >= 11 is 12.8. The van der Waals surface area contributed by atoms with Crippen molar-refractivity contribution in [3.8, 4) is 5.75 Å². The fraction of sp³-hybridized carbons (Fsp3) is 0.0556. The molecule has 1 fully saturated rings. The molecule has 1 aliphatic heterocycles. The van der Waals surface area contributed by atoms with Crippen molar-refractivity contribution in [3.63, 3.8) is 0 Å². The molecule has 0 spiro atoms. The first kappa shape index (κ1) is 21.6. The van der Waals surface area contributed by atoms with Crippen molar-refractivity contribution in [2.24, 2.45) is 0 Å². The van der Waals surface area contributed by atoms with Gasteiger partial charge in [-0.05, 0) is 36.0 Å². The van der Waals surface area contributed by atoms with Crippen LogP contribution in [-0.4, -0.2) is 38.5 Å². The van der Waals surface area contributed by atoms with E-state index >= 15 is 0 Å². The molecule has 2 N–H and O–H groups in total. The number of rotatable bonds is 5. The van der Waals surface area contributed by atoms with Gasteiger partial charge in [0.2, 0.25) is 5.91 Å². The van der Waals surface area contributed by atoms with Crippen LogP contribution in [0.5, 0.6) is 5.75 Å². The number of halogens is 2. The van der Waals surface area contributed by atoms with Gasteiger partial charge >= 0.3 is 0 Å². The number of thioether (sulfide) groups is 1. The van der Waals surface area contributed by atoms with Crippen LogP contribution in [0.25, 0.3) is 6.08 Å². The highest BCUT2D eigenvalue weighted by Gasteiger charge is 2.36. The van der Waals surface area contributed by atoms with Crippen molar-refractivity contribution in [3.05, 3.63) is 67.0 Å². The topological polar surface area (TPSA) is 130 Å². The number of nitrogens with zero attached hydrogens (tertiary/aromatic N) is 2. The summed E-state index contributed by atoms with van der Waals surface area (Å²) in [5, 5.41) is 22.7. The Bertz CT molecular complexity index is 1100. The van der Waals surface area contributed by atoms with E-state index in [9.17, 15) is 29.6 Å². The number of carbonyl (C=O) groups is 3. The van der Waals surface area contributed by atoms with E-state index in [2.05, 4.69) is 5.32 Å². The minimum absolute atomic E-state index is 0.0287. The maximum absolute atomic E-state index is 12.6. The molecule has 0 radical (unpaired) electrons. The lowest BCUT2D eigenvalue weighted by Gasteiger charge is -2.13. The lowest BCUT2D eigenvalue weighted by Crippen LogP contribution is -2.36. The molecule has 0 bridgehead atoms. The first-order chi connectivity index (χ1) is 14.2. The third kappa shape index (κ3) is 4.56. The van der Waals surface area contributed by atoms with Gasteiger partial charge < -0.3 is 10.4 Å². The fourth-order valence-electron chi connectivity index (χ4n) is 2.49. The van der Waals surface area contributed by atoms with Gasteiger partial charge in [-0.2, -0.15) is 0 Å². The molecule has 0 aromatic heterocycles. The molecular formula is C18H11Cl2N3O6S. The molecule has 1 saturated heterocycles. The highest BCUT2D eigenvalue weighted by Crippen LogP contribution is 2.35. The van der Waals surface area contributed by atoms with Crippen LogP contribution in [0.1, 0.15) is 5.56 Å². The maximum Gasteiger partial charge on any atom is 0.294 e. The van der Waals surface area contributed by atoms with Gasteiger partial charge in [0.15, 0.2) is 0 Å². The molecule has 1 aliphatic rings. The third-order valence-corrected chi connectivity index (χ3v) is 5.48. The highest BCUT2D eigenvalue weighted by atomic mass is 35.5. The molecule has 0 saturated carbocycles. The van der Waals surface area contributed by atoms with E-state index in [1.165, 1.54) is 6.08 Å². The molecule has 30 heavy (non-hydrogen) atoms. The van der Waals surface area contributed by atoms with Crippen LogP contribution >= 0.6 is 35.0 Å². The van der Waals surface area contributed by atoms with E-state index in [0.29, 0.717) is 22.2 Å². The minimum atomic E-state index is -0.829. The summed E-state index contributed by atoms with van der Waals surface area (Å²) in [5.74, 6) is -1.96. The summed E-state index contributed by atoms with van der Waals surface area (Å²) in [6.45, 7) is -0.652. The van der Waals surface area contributed by atoms with Gasteiger partial charge in [0.25, 0.3) is 16.8 Å². The molecule has 0 aliphatic carbocycles. The van der Waals surface area contributed by atoms with Crippen LogP contribution < -0.4 is 5.32 Å². The van der Waals surface area contributed by atoms with Gasteiger partial charge in [-0.25, -0.2) is 0 Å². The number of hydrogen-bond acceptors (Lipinski definition) is 7. The number of hydrogen-bond donors (Lipinski definition) is 2. The summed E-state index contributed by atoms with van der Waals surface area (Å²) in [6.07, 6.45) is 1.36. The second-order valence-corrected chi connectivity index (χ2v) is 7.72. The number of phenols is 1. The number of carbonyl (C=O) groups excluding carboxylic acids is 3. The zero-order chi connectivity index (χ0) is 22.0. The van der Waals surface area contributed by atoms with E-state index in [-0.39, 0.29) is 26.3 Å². The monoisotopic (exact) mass is 467 g/mol. The number of imide groups is 1. The van der Waals surface area contributed by atoms with Crippen LogP contribution in [0.2, 0.25) is 10.0 Å². The van der Waals surface area contributed by atoms with E-state index in [0.717, 1.165) is 18.2 Å². The fourth-order valence-corrected chi connectivity index (χ4v) is 3.81. The standard InChI is InChI=1S/C18H11Cl2N3O6S/c19-11-2-1-3-12(20)10(11)7-15-17(26)22(18(27)30-15)8-16(25)21-13-6-9(23(28)29)4-5-14(13)24/h1-7,24H,8H2,(H,21,25)/b15-7-. The average Bonchev–Trinajstić information content (AvgIpc) is 2.93. The number of aromatic hydroxyl groups is 1. The molecule has 2 aromatic rings. The summed E-state index contributed by atoms with van der Waals surface area (Å²) in [4.78, 5) is 47.9. The number of non-ortho nitro benzene ring substituents is 1. The largest absolute Gasteiger partial charge is 0.506 e. The number of nitrogens with one attached hydrogen (secondary N) is 1. The van der Waals surface area contributed by atoms with Crippen molar-refractivity contribution >= 4 is 69.5 Å². The summed E-state index contributed by atoms with van der Waals surface area (Å²) < 4.78 is 0. The Hall–Kier alpha value is -3.08. The molecule has 3 amide bonds. The van der Waals surface area contributed by atoms with Crippen molar-refractivity contribution in [2.75, 3.05) is 11.9 Å². The Morgan fingerprint density at radius 3 is 2.53 bits per heavy atom.